The second-order valence-electron chi connectivity index (χ2n) is 7.29. The Balaban J connectivity index is 1.39. The molecule has 0 radical (unpaired) electrons. The summed E-state index contributed by atoms with van der Waals surface area (Å²) in [5.41, 5.74) is 1.89. The second kappa shape index (κ2) is 9.27. The van der Waals surface area contributed by atoms with E-state index in [9.17, 15) is 19.2 Å². The zero-order valence-electron chi connectivity index (χ0n) is 17.3. The van der Waals surface area contributed by atoms with E-state index in [1.165, 1.54) is 16.2 Å². The van der Waals surface area contributed by atoms with E-state index in [0.29, 0.717) is 42.0 Å². The number of amides is 5. The van der Waals surface area contributed by atoms with E-state index in [4.69, 9.17) is 9.47 Å². The van der Waals surface area contributed by atoms with Crippen molar-refractivity contribution in [3.8, 4) is 11.5 Å². The number of nitrogens with zero attached hydrogens (tertiary/aromatic N) is 1. The molecule has 11 heteroatoms. The number of hydrogen-bond donors (Lipinski definition) is 3. The Morgan fingerprint density at radius 3 is 2.88 bits per heavy atom. The molecule has 2 aliphatic heterocycles. The van der Waals surface area contributed by atoms with Gasteiger partial charge in [-0.2, -0.15) is 0 Å². The Hall–Kier alpha value is -3.60. The van der Waals surface area contributed by atoms with Crippen LogP contribution in [0.4, 0.5) is 10.5 Å². The van der Waals surface area contributed by atoms with Gasteiger partial charge in [-0.1, -0.05) is 13.3 Å². The van der Waals surface area contributed by atoms with Crippen molar-refractivity contribution >= 4 is 41.3 Å². The molecule has 4 rings (SSSR count). The quantitative estimate of drug-likeness (QED) is 0.521. The summed E-state index contributed by atoms with van der Waals surface area (Å²) in [5.74, 6) is 0.457. The smallest absolute Gasteiger partial charge is 0.319 e. The highest BCUT2D eigenvalue weighted by Gasteiger charge is 2.37. The maximum absolute atomic E-state index is 12.8. The summed E-state index contributed by atoms with van der Waals surface area (Å²) < 4.78 is 10.6. The average molecular weight is 458 g/mol. The van der Waals surface area contributed by atoms with Crippen LogP contribution in [0.1, 0.15) is 40.6 Å². The van der Waals surface area contributed by atoms with Crippen LogP contribution in [0.2, 0.25) is 0 Å². The summed E-state index contributed by atoms with van der Waals surface area (Å²) >= 11 is 1.38. The van der Waals surface area contributed by atoms with Gasteiger partial charge in [-0.05, 0) is 24.1 Å². The molecule has 32 heavy (non-hydrogen) atoms. The summed E-state index contributed by atoms with van der Waals surface area (Å²) in [4.78, 5) is 50.5. The van der Waals surface area contributed by atoms with Crippen LogP contribution in [0.5, 0.6) is 11.5 Å². The number of nitrogens with one attached hydrogen (secondary N) is 3. The number of hydrogen-bond acceptors (Lipinski definition) is 7. The summed E-state index contributed by atoms with van der Waals surface area (Å²) in [6, 6.07) is 3.99. The normalized spacial score (nSPS) is 14.7. The van der Waals surface area contributed by atoms with Gasteiger partial charge in [0.1, 0.15) is 6.04 Å². The molecule has 168 valence electrons. The Morgan fingerprint density at radius 1 is 1.28 bits per heavy atom. The highest BCUT2D eigenvalue weighted by Crippen LogP contribution is 2.35. The van der Waals surface area contributed by atoms with Crippen molar-refractivity contribution in [3.05, 3.63) is 39.6 Å². The van der Waals surface area contributed by atoms with Gasteiger partial charge in [0, 0.05) is 28.6 Å². The lowest BCUT2D eigenvalue weighted by molar-refractivity contribution is -0.129. The fourth-order valence-corrected chi connectivity index (χ4v) is 4.71. The Kier molecular flexibility index (Phi) is 6.26. The molecular formula is C21H22N4O6S. The van der Waals surface area contributed by atoms with Crippen LogP contribution in [0.3, 0.4) is 0 Å². The van der Waals surface area contributed by atoms with Gasteiger partial charge >= 0.3 is 6.03 Å². The summed E-state index contributed by atoms with van der Waals surface area (Å²) in [6.07, 6.45) is 1.46. The lowest BCUT2D eigenvalue weighted by Gasteiger charge is -2.26. The van der Waals surface area contributed by atoms with Gasteiger partial charge in [0.25, 0.3) is 5.91 Å². The zero-order valence-corrected chi connectivity index (χ0v) is 18.1. The van der Waals surface area contributed by atoms with Crippen LogP contribution in [-0.2, 0) is 22.7 Å². The maximum atomic E-state index is 12.8. The first-order chi connectivity index (χ1) is 15.5. The number of benzene rings is 1. The molecule has 1 unspecified atom stereocenters. The van der Waals surface area contributed by atoms with Gasteiger partial charge in [-0.3, -0.25) is 19.7 Å². The summed E-state index contributed by atoms with van der Waals surface area (Å²) in [5, 5.41) is 9.42. The van der Waals surface area contributed by atoms with Gasteiger partial charge < -0.3 is 25.0 Å². The summed E-state index contributed by atoms with van der Waals surface area (Å²) in [6.45, 7) is 2.55. The minimum Gasteiger partial charge on any atom is -0.454 e. The van der Waals surface area contributed by atoms with Crippen LogP contribution in [0, 0.1) is 0 Å². The van der Waals surface area contributed by atoms with Gasteiger partial charge in [0.05, 0.1) is 12.1 Å². The Morgan fingerprint density at radius 2 is 2.09 bits per heavy atom. The predicted octanol–water partition coefficient (Wildman–Crippen LogP) is 2.20. The number of carbonyl (C=O) groups excluding carboxylic acids is 4. The van der Waals surface area contributed by atoms with E-state index in [0.717, 1.165) is 10.4 Å². The minimum absolute atomic E-state index is 0.153. The molecular weight excluding hydrogens is 436 g/mol. The van der Waals surface area contributed by atoms with Gasteiger partial charge in [-0.15, -0.1) is 11.3 Å². The molecule has 2 aliphatic rings. The molecule has 0 bridgehead atoms. The third-order valence-electron chi connectivity index (χ3n) is 5.28. The van der Waals surface area contributed by atoms with Crippen LogP contribution >= 0.6 is 11.3 Å². The molecule has 0 saturated carbocycles. The fourth-order valence-electron chi connectivity index (χ4n) is 3.74. The third-order valence-corrected chi connectivity index (χ3v) is 6.31. The van der Waals surface area contributed by atoms with Gasteiger partial charge in [0.15, 0.2) is 11.5 Å². The average Bonchev–Trinajstić information content (AvgIpc) is 3.47. The molecule has 0 spiro atoms. The molecule has 5 amide bonds. The molecule has 1 aromatic carbocycles. The van der Waals surface area contributed by atoms with Gasteiger partial charge in [-0.25, -0.2) is 4.79 Å². The van der Waals surface area contributed by atoms with Crippen molar-refractivity contribution in [1.82, 2.24) is 15.5 Å². The topological polar surface area (TPSA) is 126 Å². The van der Waals surface area contributed by atoms with E-state index in [1.54, 1.807) is 23.6 Å². The maximum Gasteiger partial charge on any atom is 0.319 e. The number of ether oxygens (including phenoxy) is 2. The van der Waals surface area contributed by atoms with E-state index >= 15 is 0 Å². The summed E-state index contributed by atoms with van der Waals surface area (Å²) in [7, 11) is 0. The predicted molar refractivity (Wildman–Crippen MR) is 116 cm³/mol. The molecule has 0 fully saturated rings. The van der Waals surface area contributed by atoms with Crippen molar-refractivity contribution < 1.29 is 28.7 Å². The lowest BCUT2D eigenvalue weighted by Crippen LogP contribution is -2.46. The zero-order chi connectivity index (χ0) is 22.7. The van der Waals surface area contributed by atoms with E-state index in [1.807, 2.05) is 6.92 Å². The first-order valence-electron chi connectivity index (χ1n) is 10.1. The molecule has 3 N–H and O–H groups in total. The number of thiophene rings is 1. The monoisotopic (exact) mass is 458 g/mol. The number of urea groups is 1. The van der Waals surface area contributed by atoms with Crippen molar-refractivity contribution in [1.29, 1.82) is 0 Å². The number of anilines is 1. The Labute approximate surface area is 187 Å². The standard InChI is InChI=1S/C21H22N4O6S/c1-2-3-15(19(27)23-10-26)25-8-13-14(20(25)28)9-32-18(13)7-22-21(29)24-12-4-5-16-17(6-12)31-11-30-16/h4-6,9-10,15H,2-3,7-8,11H2,1H3,(H2,22,24,29)(H,23,26,27). The molecule has 10 nitrogen and oxygen atoms in total. The van der Waals surface area contributed by atoms with Crippen LogP contribution in [-0.4, -0.2) is 42.0 Å². The minimum atomic E-state index is -0.717. The highest BCUT2D eigenvalue weighted by molar-refractivity contribution is 7.10. The molecule has 2 aromatic rings. The highest BCUT2D eigenvalue weighted by atomic mass is 32.1. The van der Waals surface area contributed by atoms with Crippen molar-refractivity contribution in [3.63, 3.8) is 0 Å². The lowest BCUT2D eigenvalue weighted by atomic mass is 10.1. The molecule has 0 aliphatic carbocycles. The molecule has 0 saturated heterocycles. The molecule has 1 aromatic heterocycles. The fraction of sp³-hybridized carbons (Fsp3) is 0.333. The second-order valence-corrected chi connectivity index (χ2v) is 8.25. The first-order valence-corrected chi connectivity index (χ1v) is 11.0. The third kappa shape index (κ3) is 4.24. The largest absolute Gasteiger partial charge is 0.454 e. The SMILES string of the molecule is CCCC(C(=O)NC=O)N1Cc2c(csc2CNC(=O)Nc2ccc3c(c2)OCO3)C1=O. The number of carbonyl (C=O) groups is 4. The van der Waals surface area contributed by atoms with Crippen LogP contribution < -0.4 is 25.4 Å². The van der Waals surface area contributed by atoms with Crippen molar-refractivity contribution in [2.75, 3.05) is 12.1 Å². The first kappa shape index (κ1) is 21.6. The molecule has 3 heterocycles. The van der Waals surface area contributed by atoms with E-state index in [-0.39, 0.29) is 25.8 Å². The molecule has 1 atom stereocenters. The Bertz CT molecular complexity index is 1070. The van der Waals surface area contributed by atoms with Crippen molar-refractivity contribution in [2.45, 2.75) is 38.9 Å². The number of imide groups is 1. The van der Waals surface area contributed by atoms with E-state index in [2.05, 4.69) is 16.0 Å². The number of rotatable bonds is 8. The van der Waals surface area contributed by atoms with Crippen molar-refractivity contribution in [2.24, 2.45) is 0 Å². The van der Waals surface area contributed by atoms with E-state index < -0.39 is 18.0 Å². The van der Waals surface area contributed by atoms with Crippen LogP contribution in [0.25, 0.3) is 0 Å². The van der Waals surface area contributed by atoms with Crippen LogP contribution in [0.15, 0.2) is 23.6 Å². The number of fused-ring (bicyclic) bond motifs is 2. The van der Waals surface area contributed by atoms with Gasteiger partial charge in [0.2, 0.25) is 19.1 Å².